The Bertz CT molecular complexity index is 367. The van der Waals surface area contributed by atoms with Gasteiger partial charge in [0, 0.05) is 19.1 Å². The average molecular weight is 285 g/mol. The van der Waals surface area contributed by atoms with E-state index in [-0.39, 0.29) is 12.4 Å². The molecule has 1 aromatic carbocycles. The minimum Gasteiger partial charge on any atom is -0.494 e. The van der Waals surface area contributed by atoms with Crippen LogP contribution in [-0.2, 0) is 6.54 Å². The Morgan fingerprint density at radius 3 is 2.58 bits per heavy atom. The van der Waals surface area contributed by atoms with Crippen molar-refractivity contribution in [1.29, 1.82) is 0 Å². The van der Waals surface area contributed by atoms with Crippen molar-refractivity contribution in [2.24, 2.45) is 11.7 Å². The van der Waals surface area contributed by atoms with Crippen molar-refractivity contribution in [3.05, 3.63) is 29.8 Å². The number of nitrogens with zero attached hydrogens (tertiary/aromatic N) is 1. The van der Waals surface area contributed by atoms with Gasteiger partial charge in [-0.1, -0.05) is 12.1 Å². The highest BCUT2D eigenvalue weighted by Gasteiger charge is 2.24. The van der Waals surface area contributed by atoms with Gasteiger partial charge in [-0.15, -0.1) is 12.4 Å². The molecular formula is C15H25ClN2O. The number of benzene rings is 1. The predicted molar refractivity (Wildman–Crippen MR) is 81.9 cm³/mol. The van der Waals surface area contributed by atoms with Gasteiger partial charge in [0.2, 0.25) is 0 Å². The third-order valence-corrected chi connectivity index (χ3v) is 3.69. The summed E-state index contributed by atoms with van der Waals surface area (Å²) in [4.78, 5) is 2.49. The van der Waals surface area contributed by atoms with Crippen LogP contribution in [-0.4, -0.2) is 30.6 Å². The van der Waals surface area contributed by atoms with Crippen molar-refractivity contribution in [2.75, 3.05) is 19.7 Å². The first-order chi connectivity index (χ1) is 8.69. The van der Waals surface area contributed by atoms with Crippen molar-refractivity contribution >= 4 is 12.4 Å². The number of halogens is 1. The molecule has 4 heteroatoms. The van der Waals surface area contributed by atoms with Gasteiger partial charge in [0.1, 0.15) is 5.75 Å². The smallest absolute Gasteiger partial charge is 0.119 e. The van der Waals surface area contributed by atoms with Crippen LogP contribution < -0.4 is 10.5 Å². The first-order valence-electron chi connectivity index (χ1n) is 6.88. The molecule has 0 aliphatic carbocycles. The summed E-state index contributed by atoms with van der Waals surface area (Å²) in [5.41, 5.74) is 7.31. The summed E-state index contributed by atoms with van der Waals surface area (Å²) >= 11 is 0. The van der Waals surface area contributed by atoms with Gasteiger partial charge in [-0.2, -0.15) is 0 Å². The minimum atomic E-state index is 0. The van der Waals surface area contributed by atoms with Crippen LogP contribution in [0.2, 0.25) is 0 Å². The van der Waals surface area contributed by atoms with Gasteiger partial charge in [0.25, 0.3) is 0 Å². The van der Waals surface area contributed by atoms with E-state index < -0.39 is 0 Å². The molecule has 0 spiro atoms. The Morgan fingerprint density at radius 2 is 2.05 bits per heavy atom. The Hall–Kier alpha value is -0.770. The quantitative estimate of drug-likeness (QED) is 0.903. The number of likely N-dealkylation sites (tertiary alicyclic amines) is 1. The maximum absolute atomic E-state index is 5.96. The molecule has 0 saturated carbocycles. The zero-order valence-electron chi connectivity index (χ0n) is 11.8. The van der Waals surface area contributed by atoms with E-state index in [4.69, 9.17) is 10.5 Å². The molecule has 0 bridgehead atoms. The fourth-order valence-corrected chi connectivity index (χ4v) is 2.55. The Kier molecular flexibility index (Phi) is 6.63. The molecule has 2 rings (SSSR count). The van der Waals surface area contributed by atoms with E-state index in [2.05, 4.69) is 36.1 Å². The van der Waals surface area contributed by atoms with Gasteiger partial charge < -0.3 is 10.5 Å². The molecule has 1 aliphatic heterocycles. The summed E-state index contributed by atoms with van der Waals surface area (Å²) in [7, 11) is 0. The lowest BCUT2D eigenvalue weighted by Gasteiger charge is -2.18. The minimum absolute atomic E-state index is 0. The standard InChI is InChI=1S/C15H24N2O.ClH/c1-3-18-15-6-4-13(5-7-15)10-17-9-8-14(11-17)12(2)16;/h4-7,12,14H,3,8-11,16H2,1-2H3;1H. The third kappa shape index (κ3) is 4.68. The van der Waals surface area contributed by atoms with Gasteiger partial charge >= 0.3 is 0 Å². The molecule has 0 radical (unpaired) electrons. The fourth-order valence-electron chi connectivity index (χ4n) is 2.55. The van der Waals surface area contributed by atoms with Gasteiger partial charge in [0.15, 0.2) is 0 Å². The summed E-state index contributed by atoms with van der Waals surface area (Å²) in [6.07, 6.45) is 1.23. The van der Waals surface area contributed by atoms with Crippen LogP contribution in [0.3, 0.4) is 0 Å². The second-order valence-electron chi connectivity index (χ2n) is 5.22. The van der Waals surface area contributed by atoms with E-state index in [0.717, 1.165) is 25.4 Å². The molecule has 2 unspecified atom stereocenters. The van der Waals surface area contributed by atoms with Crippen molar-refractivity contribution in [1.82, 2.24) is 4.90 Å². The van der Waals surface area contributed by atoms with Crippen LogP contribution in [0, 0.1) is 5.92 Å². The maximum atomic E-state index is 5.96. The Morgan fingerprint density at radius 1 is 1.37 bits per heavy atom. The van der Waals surface area contributed by atoms with Crippen LogP contribution in [0.5, 0.6) is 5.75 Å². The molecule has 1 aromatic rings. The van der Waals surface area contributed by atoms with E-state index >= 15 is 0 Å². The van der Waals surface area contributed by atoms with Crippen molar-refractivity contribution in [3.8, 4) is 5.75 Å². The van der Waals surface area contributed by atoms with Gasteiger partial charge in [-0.25, -0.2) is 0 Å². The SMILES string of the molecule is CCOc1ccc(CN2CCC(C(C)N)C2)cc1.Cl. The first-order valence-corrected chi connectivity index (χ1v) is 6.88. The largest absolute Gasteiger partial charge is 0.494 e. The topological polar surface area (TPSA) is 38.5 Å². The van der Waals surface area contributed by atoms with Crippen LogP contribution >= 0.6 is 12.4 Å². The summed E-state index contributed by atoms with van der Waals surface area (Å²) < 4.78 is 5.45. The third-order valence-electron chi connectivity index (χ3n) is 3.69. The molecule has 1 saturated heterocycles. The predicted octanol–water partition coefficient (Wildman–Crippen LogP) is 2.68. The number of rotatable bonds is 5. The van der Waals surface area contributed by atoms with Crippen LogP contribution in [0.25, 0.3) is 0 Å². The second-order valence-corrected chi connectivity index (χ2v) is 5.22. The molecule has 19 heavy (non-hydrogen) atoms. The summed E-state index contributed by atoms with van der Waals surface area (Å²) in [6.45, 7) is 8.17. The molecule has 0 aromatic heterocycles. The van der Waals surface area contributed by atoms with Crippen LogP contribution in [0.4, 0.5) is 0 Å². The highest BCUT2D eigenvalue weighted by molar-refractivity contribution is 5.85. The molecule has 1 aliphatic rings. The van der Waals surface area contributed by atoms with Crippen LogP contribution in [0.1, 0.15) is 25.8 Å². The van der Waals surface area contributed by atoms with Crippen molar-refractivity contribution in [2.45, 2.75) is 32.9 Å². The molecule has 2 atom stereocenters. The summed E-state index contributed by atoms with van der Waals surface area (Å²) in [6, 6.07) is 8.74. The Balaban J connectivity index is 0.00000180. The molecule has 0 amide bonds. The first kappa shape index (κ1) is 16.3. The highest BCUT2D eigenvalue weighted by Crippen LogP contribution is 2.21. The molecule has 2 N–H and O–H groups in total. The van der Waals surface area contributed by atoms with Gasteiger partial charge in [-0.05, 0) is 50.4 Å². The molecule has 1 fully saturated rings. The number of hydrogen-bond acceptors (Lipinski definition) is 3. The number of nitrogens with two attached hydrogens (primary N) is 1. The molecule has 108 valence electrons. The van der Waals surface area contributed by atoms with Gasteiger partial charge in [-0.3, -0.25) is 4.90 Å². The zero-order chi connectivity index (χ0) is 13.0. The number of ether oxygens (including phenoxy) is 1. The molecular weight excluding hydrogens is 260 g/mol. The zero-order valence-corrected chi connectivity index (χ0v) is 12.7. The highest BCUT2D eigenvalue weighted by atomic mass is 35.5. The maximum Gasteiger partial charge on any atom is 0.119 e. The van der Waals surface area contributed by atoms with Crippen LogP contribution in [0.15, 0.2) is 24.3 Å². The normalized spacial score (nSPS) is 20.9. The monoisotopic (exact) mass is 284 g/mol. The van der Waals surface area contributed by atoms with Gasteiger partial charge in [0.05, 0.1) is 6.61 Å². The van der Waals surface area contributed by atoms with E-state index in [1.165, 1.54) is 18.5 Å². The average Bonchev–Trinajstić information content (AvgIpc) is 2.81. The lowest BCUT2D eigenvalue weighted by molar-refractivity contribution is 0.308. The van der Waals surface area contributed by atoms with Crippen molar-refractivity contribution < 1.29 is 4.74 Å². The second kappa shape index (κ2) is 7.73. The fraction of sp³-hybridized carbons (Fsp3) is 0.600. The number of hydrogen-bond donors (Lipinski definition) is 1. The Labute approximate surface area is 122 Å². The van der Waals surface area contributed by atoms with E-state index in [0.29, 0.717) is 12.0 Å². The van der Waals surface area contributed by atoms with Crippen molar-refractivity contribution in [3.63, 3.8) is 0 Å². The lowest BCUT2D eigenvalue weighted by Crippen LogP contribution is -2.29. The lowest BCUT2D eigenvalue weighted by atomic mass is 10.0. The summed E-state index contributed by atoms with van der Waals surface area (Å²) in [5.74, 6) is 1.61. The molecule has 3 nitrogen and oxygen atoms in total. The molecule has 1 heterocycles. The van der Waals surface area contributed by atoms with E-state index in [1.807, 2.05) is 6.92 Å². The summed E-state index contributed by atoms with van der Waals surface area (Å²) in [5, 5.41) is 0. The van der Waals surface area contributed by atoms with E-state index in [1.54, 1.807) is 0 Å². The van der Waals surface area contributed by atoms with E-state index in [9.17, 15) is 0 Å².